The molecular formula is C11H12N6. The topological polar surface area (TPSA) is 79.4 Å². The van der Waals surface area contributed by atoms with E-state index in [9.17, 15) is 0 Å². The zero-order chi connectivity index (χ0) is 12.1. The smallest absolute Gasteiger partial charge is 0.166 e. The third-order valence-electron chi connectivity index (χ3n) is 2.40. The number of imidazole rings is 1. The molecule has 0 aliphatic heterocycles. The Morgan fingerprint density at radius 2 is 2.35 bits per heavy atom. The lowest BCUT2D eigenvalue weighted by Gasteiger charge is -2.05. The molecule has 86 valence electrons. The van der Waals surface area contributed by atoms with Crippen LogP contribution in [0.3, 0.4) is 0 Å². The summed E-state index contributed by atoms with van der Waals surface area (Å²) in [4.78, 5) is 4.21. The van der Waals surface area contributed by atoms with Gasteiger partial charge in [-0.2, -0.15) is 10.4 Å². The number of nitrogens with one attached hydrogen (secondary N) is 1. The highest BCUT2D eigenvalue weighted by molar-refractivity contribution is 5.50. The third-order valence-corrected chi connectivity index (χ3v) is 2.40. The lowest BCUT2D eigenvalue weighted by atomic mass is 10.3. The normalized spacial score (nSPS) is 9.88. The molecule has 1 N–H and O–H groups in total. The van der Waals surface area contributed by atoms with Gasteiger partial charge in [-0.25, -0.2) is 4.98 Å². The molecule has 0 aliphatic carbocycles. The summed E-state index contributed by atoms with van der Waals surface area (Å²) < 4.78 is 1.96. The summed E-state index contributed by atoms with van der Waals surface area (Å²) in [6.07, 6.45) is 5.93. The summed E-state index contributed by atoms with van der Waals surface area (Å²) in [5.74, 6) is 1.50. The SMILES string of the molecule is Cn1ccnc1CCNc1nnccc1C#N. The van der Waals surface area contributed by atoms with E-state index in [4.69, 9.17) is 5.26 Å². The van der Waals surface area contributed by atoms with E-state index < -0.39 is 0 Å². The van der Waals surface area contributed by atoms with Crippen molar-refractivity contribution in [3.63, 3.8) is 0 Å². The molecule has 0 spiro atoms. The molecule has 0 saturated carbocycles. The van der Waals surface area contributed by atoms with Crippen LogP contribution < -0.4 is 5.32 Å². The molecule has 17 heavy (non-hydrogen) atoms. The Morgan fingerprint density at radius 1 is 1.47 bits per heavy atom. The maximum atomic E-state index is 8.87. The molecule has 0 amide bonds. The van der Waals surface area contributed by atoms with E-state index in [-0.39, 0.29) is 0 Å². The number of hydrogen-bond donors (Lipinski definition) is 1. The molecule has 0 aromatic carbocycles. The molecule has 2 aromatic heterocycles. The Hall–Kier alpha value is -2.42. The molecule has 6 heteroatoms. The van der Waals surface area contributed by atoms with Crippen LogP contribution in [0.5, 0.6) is 0 Å². The Bertz CT molecular complexity index is 539. The van der Waals surface area contributed by atoms with Crippen LogP contribution in [0.1, 0.15) is 11.4 Å². The molecule has 0 bridgehead atoms. The second-order valence-corrected chi connectivity index (χ2v) is 3.54. The highest BCUT2D eigenvalue weighted by Gasteiger charge is 2.03. The van der Waals surface area contributed by atoms with Gasteiger partial charge in [0.1, 0.15) is 11.9 Å². The van der Waals surface area contributed by atoms with Crippen molar-refractivity contribution in [3.05, 3.63) is 36.0 Å². The first-order chi connectivity index (χ1) is 8.31. The molecule has 0 aliphatic rings. The molecule has 0 atom stereocenters. The Morgan fingerprint density at radius 3 is 3.06 bits per heavy atom. The van der Waals surface area contributed by atoms with E-state index in [1.807, 2.05) is 17.8 Å². The Kier molecular flexibility index (Phi) is 3.31. The molecule has 0 saturated heterocycles. The van der Waals surface area contributed by atoms with Gasteiger partial charge in [0.25, 0.3) is 0 Å². The number of aromatic nitrogens is 4. The average molecular weight is 228 g/mol. The molecule has 2 aromatic rings. The highest BCUT2D eigenvalue weighted by atomic mass is 15.2. The van der Waals surface area contributed by atoms with Crippen molar-refractivity contribution in [2.24, 2.45) is 7.05 Å². The maximum absolute atomic E-state index is 8.87. The molecule has 6 nitrogen and oxygen atoms in total. The van der Waals surface area contributed by atoms with Crippen molar-refractivity contribution in [3.8, 4) is 6.07 Å². The second kappa shape index (κ2) is 5.07. The van der Waals surface area contributed by atoms with Crippen LogP contribution in [-0.4, -0.2) is 26.3 Å². The summed E-state index contributed by atoms with van der Waals surface area (Å²) in [6.45, 7) is 0.665. The molecule has 2 rings (SSSR count). The first-order valence-electron chi connectivity index (χ1n) is 5.23. The van der Waals surface area contributed by atoms with Gasteiger partial charge < -0.3 is 9.88 Å². The van der Waals surface area contributed by atoms with Crippen LogP contribution >= 0.6 is 0 Å². The minimum Gasteiger partial charge on any atom is -0.367 e. The maximum Gasteiger partial charge on any atom is 0.166 e. The zero-order valence-corrected chi connectivity index (χ0v) is 9.46. The number of nitriles is 1. The quantitative estimate of drug-likeness (QED) is 0.834. The Balaban J connectivity index is 1.95. The minimum absolute atomic E-state index is 0.500. The van der Waals surface area contributed by atoms with Crippen LogP contribution in [0, 0.1) is 11.3 Å². The van der Waals surface area contributed by atoms with Crippen molar-refractivity contribution >= 4 is 5.82 Å². The zero-order valence-electron chi connectivity index (χ0n) is 9.46. The first kappa shape index (κ1) is 11.1. The standard InChI is InChI=1S/C11H12N6/c1-17-7-6-13-10(17)3-4-14-11-9(8-12)2-5-15-16-11/h2,5-7H,3-4H2,1H3,(H,14,16). The largest absolute Gasteiger partial charge is 0.367 e. The van der Waals surface area contributed by atoms with Gasteiger partial charge in [0.05, 0.1) is 11.8 Å². The van der Waals surface area contributed by atoms with Crippen LogP contribution in [0.4, 0.5) is 5.82 Å². The number of aryl methyl sites for hydroxylation is 1. The van der Waals surface area contributed by atoms with Crippen LogP contribution in [0.25, 0.3) is 0 Å². The molecular weight excluding hydrogens is 216 g/mol. The van der Waals surface area contributed by atoms with Gasteiger partial charge in [-0.1, -0.05) is 0 Å². The minimum atomic E-state index is 0.500. The van der Waals surface area contributed by atoms with E-state index in [0.717, 1.165) is 12.2 Å². The molecule has 0 radical (unpaired) electrons. The molecule has 0 fully saturated rings. The van der Waals surface area contributed by atoms with Crippen LogP contribution in [0.2, 0.25) is 0 Å². The van der Waals surface area contributed by atoms with E-state index in [1.54, 1.807) is 12.3 Å². The fraction of sp³-hybridized carbons (Fsp3) is 0.273. The summed E-state index contributed by atoms with van der Waals surface area (Å²) >= 11 is 0. The van der Waals surface area contributed by atoms with Gasteiger partial charge in [-0.3, -0.25) is 0 Å². The van der Waals surface area contributed by atoms with Crippen LogP contribution in [-0.2, 0) is 13.5 Å². The number of hydrogen-bond acceptors (Lipinski definition) is 5. The van der Waals surface area contributed by atoms with Gasteiger partial charge in [0.15, 0.2) is 5.82 Å². The fourth-order valence-electron chi connectivity index (χ4n) is 1.48. The van der Waals surface area contributed by atoms with Gasteiger partial charge in [-0.05, 0) is 6.07 Å². The van der Waals surface area contributed by atoms with E-state index in [1.165, 1.54) is 6.20 Å². The fourth-order valence-corrected chi connectivity index (χ4v) is 1.48. The summed E-state index contributed by atoms with van der Waals surface area (Å²) in [7, 11) is 1.95. The van der Waals surface area contributed by atoms with Gasteiger partial charge in [0, 0.05) is 32.4 Å². The predicted molar refractivity (Wildman–Crippen MR) is 62.1 cm³/mol. The highest BCUT2D eigenvalue weighted by Crippen LogP contribution is 2.08. The lowest BCUT2D eigenvalue weighted by molar-refractivity contribution is 0.787. The van der Waals surface area contributed by atoms with E-state index in [0.29, 0.717) is 17.9 Å². The van der Waals surface area contributed by atoms with Crippen LogP contribution in [0.15, 0.2) is 24.7 Å². The predicted octanol–water partition coefficient (Wildman–Crippen LogP) is 0.736. The van der Waals surface area contributed by atoms with Crippen molar-refractivity contribution < 1.29 is 0 Å². The number of anilines is 1. The van der Waals surface area contributed by atoms with E-state index >= 15 is 0 Å². The monoisotopic (exact) mass is 228 g/mol. The van der Waals surface area contributed by atoms with Gasteiger partial charge >= 0.3 is 0 Å². The summed E-state index contributed by atoms with van der Waals surface area (Å²) in [5.41, 5.74) is 0.500. The summed E-state index contributed by atoms with van der Waals surface area (Å²) in [5, 5.41) is 19.6. The van der Waals surface area contributed by atoms with Gasteiger partial charge in [-0.15, -0.1) is 5.10 Å². The van der Waals surface area contributed by atoms with Crippen molar-refractivity contribution in [1.29, 1.82) is 5.26 Å². The first-order valence-corrected chi connectivity index (χ1v) is 5.23. The van der Waals surface area contributed by atoms with Gasteiger partial charge in [0.2, 0.25) is 0 Å². The van der Waals surface area contributed by atoms with Crippen molar-refractivity contribution in [2.45, 2.75) is 6.42 Å². The average Bonchev–Trinajstić information content (AvgIpc) is 2.76. The lowest BCUT2D eigenvalue weighted by Crippen LogP contribution is -2.11. The Labute approximate surface area is 98.9 Å². The number of nitrogens with zero attached hydrogens (tertiary/aromatic N) is 5. The summed E-state index contributed by atoms with van der Waals surface area (Å²) in [6, 6.07) is 3.70. The number of rotatable bonds is 4. The molecule has 2 heterocycles. The third kappa shape index (κ3) is 2.58. The van der Waals surface area contributed by atoms with Crippen molar-refractivity contribution in [1.82, 2.24) is 19.7 Å². The van der Waals surface area contributed by atoms with Crippen molar-refractivity contribution in [2.75, 3.05) is 11.9 Å². The second-order valence-electron chi connectivity index (χ2n) is 3.54. The van der Waals surface area contributed by atoms with E-state index in [2.05, 4.69) is 26.6 Å². The molecule has 0 unspecified atom stereocenters.